The second kappa shape index (κ2) is 8.51. The Hall–Kier alpha value is -3.75. The third-order valence-corrected chi connectivity index (χ3v) is 4.50. The summed E-state index contributed by atoms with van der Waals surface area (Å²) in [5.41, 5.74) is 2.19. The molecule has 9 nitrogen and oxygen atoms in total. The van der Waals surface area contributed by atoms with E-state index in [0.717, 1.165) is 44.6 Å². The van der Waals surface area contributed by atoms with Crippen molar-refractivity contribution in [2.45, 2.75) is 19.3 Å². The molecule has 2 aromatic carbocycles. The van der Waals surface area contributed by atoms with Crippen LogP contribution in [0.15, 0.2) is 36.4 Å². The first kappa shape index (κ1) is 20.0. The second-order valence-corrected chi connectivity index (χ2v) is 6.48. The number of non-ortho nitro benzene ring substituents is 1. The number of carbonyl (C=O) groups excluding carboxylic acids is 3. The van der Waals surface area contributed by atoms with Gasteiger partial charge in [-0.2, -0.15) is 0 Å². The van der Waals surface area contributed by atoms with E-state index in [1.54, 1.807) is 6.07 Å². The van der Waals surface area contributed by atoms with E-state index >= 15 is 0 Å². The zero-order valence-electron chi connectivity index (χ0n) is 15.6. The lowest BCUT2D eigenvalue weighted by molar-refractivity contribution is -0.384. The minimum absolute atomic E-state index is 0.170. The molecular formula is C20H18N2O7. The summed E-state index contributed by atoms with van der Waals surface area (Å²) in [5.74, 6) is -2.35. The number of nitro groups is 1. The van der Waals surface area contributed by atoms with Gasteiger partial charge in [-0.3, -0.25) is 14.9 Å². The van der Waals surface area contributed by atoms with E-state index in [9.17, 15) is 24.5 Å². The Labute approximate surface area is 165 Å². The minimum Gasteiger partial charge on any atom is -0.465 e. The highest BCUT2D eigenvalue weighted by Crippen LogP contribution is 2.25. The van der Waals surface area contributed by atoms with Crippen LogP contribution in [0.2, 0.25) is 0 Å². The molecule has 1 aliphatic rings. The molecule has 0 bridgehead atoms. The van der Waals surface area contributed by atoms with Crippen molar-refractivity contribution >= 4 is 29.2 Å². The number of hydrogen-bond acceptors (Lipinski definition) is 7. The maximum Gasteiger partial charge on any atom is 0.338 e. The Morgan fingerprint density at radius 2 is 1.72 bits per heavy atom. The number of anilines is 1. The Kier molecular flexibility index (Phi) is 5.87. The van der Waals surface area contributed by atoms with Crippen LogP contribution in [0.3, 0.4) is 0 Å². The molecule has 0 saturated heterocycles. The topological polar surface area (TPSA) is 125 Å². The van der Waals surface area contributed by atoms with Crippen molar-refractivity contribution in [2.24, 2.45) is 0 Å². The van der Waals surface area contributed by atoms with Crippen molar-refractivity contribution in [3.05, 3.63) is 68.8 Å². The molecule has 0 saturated carbocycles. The fourth-order valence-electron chi connectivity index (χ4n) is 3.13. The van der Waals surface area contributed by atoms with Crippen LogP contribution in [0.4, 0.5) is 11.4 Å². The van der Waals surface area contributed by atoms with Gasteiger partial charge >= 0.3 is 11.9 Å². The molecule has 3 rings (SSSR count). The van der Waals surface area contributed by atoms with Crippen LogP contribution in [0.5, 0.6) is 0 Å². The van der Waals surface area contributed by atoms with Gasteiger partial charge in [0.2, 0.25) is 0 Å². The molecule has 0 unspecified atom stereocenters. The second-order valence-electron chi connectivity index (χ2n) is 6.48. The summed E-state index contributed by atoms with van der Waals surface area (Å²) in [6.07, 6.45) is 3.07. The number of ether oxygens (including phenoxy) is 2. The quantitative estimate of drug-likeness (QED) is 0.450. The summed E-state index contributed by atoms with van der Waals surface area (Å²) >= 11 is 0. The SMILES string of the molecule is COC(=O)c1cc(C(=O)OCC(=O)Nc2ccc3c(c2)CCC3)cc([N+](=O)[O-])c1. The van der Waals surface area contributed by atoms with E-state index < -0.39 is 35.1 Å². The van der Waals surface area contributed by atoms with Gasteiger partial charge in [0.05, 0.1) is 23.2 Å². The number of nitrogens with zero attached hydrogens (tertiary/aromatic N) is 1. The minimum atomic E-state index is -0.969. The first-order valence-electron chi connectivity index (χ1n) is 8.84. The van der Waals surface area contributed by atoms with Crippen molar-refractivity contribution < 1.29 is 28.8 Å². The molecule has 9 heteroatoms. The van der Waals surface area contributed by atoms with Crippen LogP contribution >= 0.6 is 0 Å². The summed E-state index contributed by atoms with van der Waals surface area (Å²) in [6, 6.07) is 8.70. The number of benzene rings is 2. The van der Waals surface area contributed by atoms with Gasteiger partial charge in [0.25, 0.3) is 11.6 Å². The lowest BCUT2D eigenvalue weighted by Gasteiger charge is -2.09. The van der Waals surface area contributed by atoms with Crippen LogP contribution < -0.4 is 5.32 Å². The Morgan fingerprint density at radius 1 is 1.03 bits per heavy atom. The zero-order valence-corrected chi connectivity index (χ0v) is 15.6. The van der Waals surface area contributed by atoms with Gasteiger partial charge in [0.1, 0.15) is 0 Å². The molecule has 1 amide bonds. The number of hydrogen-bond donors (Lipinski definition) is 1. The highest BCUT2D eigenvalue weighted by Gasteiger charge is 2.20. The number of fused-ring (bicyclic) bond motifs is 1. The largest absolute Gasteiger partial charge is 0.465 e. The number of nitro benzene ring substituents is 1. The highest BCUT2D eigenvalue weighted by atomic mass is 16.6. The summed E-state index contributed by atoms with van der Waals surface area (Å²) in [7, 11) is 1.11. The summed E-state index contributed by atoms with van der Waals surface area (Å²) in [4.78, 5) is 46.2. The summed E-state index contributed by atoms with van der Waals surface area (Å²) in [5, 5.41) is 13.7. The molecule has 1 N–H and O–H groups in total. The molecule has 0 atom stereocenters. The Morgan fingerprint density at radius 3 is 2.41 bits per heavy atom. The van der Waals surface area contributed by atoms with Crippen LogP contribution in [0.25, 0.3) is 0 Å². The van der Waals surface area contributed by atoms with Crippen LogP contribution in [-0.4, -0.2) is 36.5 Å². The molecule has 0 aliphatic heterocycles. The molecule has 0 radical (unpaired) electrons. The molecule has 0 heterocycles. The third kappa shape index (κ3) is 4.75. The normalized spacial score (nSPS) is 12.0. The van der Waals surface area contributed by atoms with Crippen molar-refractivity contribution in [3.63, 3.8) is 0 Å². The van der Waals surface area contributed by atoms with E-state index in [4.69, 9.17) is 4.74 Å². The van der Waals surface area contributed by atoms with Crippen molar-refractivity contribution in [1.82, 2.24) is 0 Å². The number of nitrogens with one attached hydrogen (secondary N) is 1. The molecule has 1 aliphatic carbocycles. The maximum absolute atomic E-state index is 12.2. The molecule has 150 valence electrons. The lowest BCUT2D eigenvalue weighted by atomic mass is 10.1. The van der Waals surface area contributed by atoms with Crippen molar-refractivity contribution in [3.8, 4) is 0 Å². The van der Waals surface area contributed by atoms with Crippen LogP contribution in [-0.2, 0) is 27.1 Å². The molecule has 0 aromatic heterocycles. The number of aryl methyl sites for hydroxylation is 2. The Balaban J connectivity index is 1.65. The van der Waals surface area contributed by atoms with Gasteiger partial charge < -0.3 is 14.8 Å². The molecule has 2 aromatic rings. The number of rotatable bonds is 6. The third-order valence-electron chi connectivity index (χ3n) is 4.50. The fourth-order valence-corrected chi connectivity index (χ4v) is 3.13. The van der Waals surface area contributed by atoms with Gasteiger partial charge in [-0.25, -0.2) is 9.59 Å². The smallest absolute Gasteiger partial charge is 0.338 e. The fraction of sp³-hybridized carbons (Fsp3) is 0.250. The van der Waals surface area contributed by atoms with Gasteiger partial charge in [0, 0.05) is 17.8 Å². The summed E-state index contributed by atoms with van der Waals surface area (Å²) in [6.45, 7) is -0.577. The number of amides is 1. The van der Waals surface area contributed by atoms with E-state index in [-0.39, 0.29) is 11.1 Å². The van der Waals surface area contributed by atoms with Crippen LogP contribution in [0.1, 0.15) is 38.3 Å². The number of carbonyl (C=O) groups is 3. The average molecular weight is 398 g/mol. The van der Waals surface area contributed by atoms with E-state index in [0.29, 0.717) is 5.69 Å². The number of esters is 2. The number of methoxy groups -OCH3 is 1. The monoisotopic (exact) mass is 398 g/mol. The zero-order chi connectivity index (χ0) is 21.0. The molecule has 29 heavy (non-hydrogen) atoms. The predicted octanol–water partition coefficient (Wildman–Crippen LogP) is 2.67. The first-order chi connectivity index (χ1) is 13.9. The Bertz CT molecular complexity index is 1000. The lowest BCUT2D eigenvalue weighted by Crippen LogP contribution is -2.21. The molecular weight excluding hydrogens is 380 g/mol. The van der Waals surface area contributed by atoms with Gasteiger partial charge in [-0.1, -0.05) is 6.07 Å². The molecule has 0 fully saturated rings. The molecule has 0 spiro atoms. The van der Waals surface area contributed by atoms with Crippen molar-refractivity contribution in [1.29, 1.82) is 0 Å². The van der Waals surface area contributed by atoms with Gasteiger partial charge in [-0.15, -0.1) is 0 Å². The van der Waals surface area contributed by atoms with E-state index in [2.05, 4.69) is 10.1 Å². The summed E-state index contributed by atoms with van der Waals surface area (Å²) < 4.78 is 9.46. The predicted molar refractivity (Wildman–Crippen MR) is 102 cm³/mol. The highest BCUT2D eigenvalue weighted by molar-refractivity contribution is 5.98. The van der Waals surface area contributed by atoms with E-state index in [1.807, 2.05) is 12.1 Å². The first-order valence-corrected chi connectivity index (χ1v) is 8.84. The van der Waals surface area contributed by atoms with Crippen LogP contribution in [0, 0.1) is 10.1 Å². The average Bonchev–Trinajstić information content (AvgIpc) is 3.18. The van der Waals surface area contributed by atoms with Gasteiger partial charge in [-0.05, 0) is 48.6 Å². The van der Waals surface area contributed by atoms with Gasteiger partial charge in [0.15, 0.2) is 6.61 Å². The van der Waals surface area contributed by atoms with Crippen molar-refractivity contribution in [2.75, 3.05) is 19.0 Å². The maximum atomic E-state index is 12.2. The standard InChI is InChI=1S/C20H18N2O7/c1-28-19(24)14-7-15(10-17(9-14)22(26)27)20(25)29-11-18(23)21-16-6-5-12-3-2-4-13(12)8-16/h5-10H,2-4,11H2,1H3,(H,21,23). The van der Waals surface area contributed by atoms with E-state index in [1.165, 1.54) is 11.1 Å².